The second-order valence-electron chi connectivity index (χ2n) is 12.7. The van der Waals surface area contributed by atoms with E-state index in [2.05, 4.69) is 70.2 Å². The minimum absolute atomic E-state index is 0.0916. The standard InChI is InChI=1S/C32H46O/c1-22(24-11-6-5-7-12-24)9-8-10-23(2)28-15-16-29-27-14-13-25-21-26(33)17-19-31(25,3)30(27)18-20-32(28,29)4/h5-7,9,11-13,23,26-30,33H,8,10,14-21H2,1-4H3/b22-9+/t23-,26-,27+,28-,29+,30+,31-,32+/m0/s1. The van der Waals surface area contributed by atoms with Crippen LogP contribution in [0, 0.1) is 40.4 Å². The first kappa shape index (κ1) is 23.4. The molecule has 0 amide bonds. The maximum Gasteiger partial charge on any atom is 0.0577 e. The molecular weight excluding hydrogens is 400 g/mol. The minimum atomic E-state index is -0.0916. The summed E-state index contributed by atoms with van der Waals surface area (Å²) in [6, 6.07) is 10.8. The number of aliphatic hydroxyl groups is 1. The van der Waals surface area contributed by atoms with Crippen molar-refractivity contribution in [2.24, 2.45) is 40.4 Å². The molecule has 0 aromatic heterocycles. The first-order valence-electron chi connectivity index (χ1n) is 13.9. The van der Waals surface area contributed by atoms with E-state index in [-0.39, 0.29) is 6.10 Å². The highest BCUT2D eigenvalue weighted by molar-refractivity contribution is 5.63. The molecule has 1 heteroatoms. The van der Waals surface area contributed by atoms with E-state index in [1.165, 1.54) is 62.5 Å². The lowest BCUT2D eigenvalue weighted by atomic mass is 9.47. The molecule has 3 fully saturated rings. The summed E-state index contributed by atoms with van der Waals surface area (Å²) in [4.78, 5) is 0. The second kappa shape index (κ2) is 9.03. The lowest BCUT2D eigenvalue weighted by molar-refractivity contribution is -0.0570. The van der Waals surface area contributed by atoms with E-state index in [1.54, 1.807) is 5.57 Å². The SMILES string of the molecule is C/C(=C\CC[C@H](C)[C@@H]1CC[C@@H]2[C@H]3CC=C4C[C@@H](O)CC[C@]4(C)[C@@H]3CC[C@@]21C)c1ccccc1. The third-order valence-electron chi connectivity index (χ3n) is 11.1. The van der Waals surface area contributed by atoms with Gasteiger partial charge in [0.1, 0.15) is 0 Å². The fraction of sp³-hybridized carbons (Fsp3) is 0.688. The normalized spacial score (nSPS) is 41.5. The van der Waals surface area contributed by atoms with Gasteiger partial charge >= 0.3 is 0 Å². The van der Waals surface area contributed by atoms with Crippen molar-refractivity contribution in [2.45, 2.75) is 98.0 Å². The zero-order valence-electron chi connectivity index (χ0n) is 21.5. The number of rotatable bonds is 5. The Kier molecular flexibility index (Phi) is 6.40. The first-order chi connectivity index (χ1) is 15.8. The van der Waals surface area contributed by atoms with Gasteiger partial charge in [0.25, 0.3) is 0 Å². The molecular formula is C32H46O. The number of hydrogen-bond acceptors (Lipinski definition) is 1. The molecule has 1 nitrogen and oxygen atoms in total. The summed E-state index contributed by atoms with van der Waals surface area (Å²) in [6.45, 7) is 10.1. The molecule has 1 N–H and O–H groups in total. The van der Waals surface area contributed by atoms with Crippen LogP contribution >= 0.6 is 0 Å². The fourth-order valence-corrected chi connectivity index (χ4v) is 9.20. The molecule has 1 aromatic carbocycles. The van der Waals surface area contributed by atoms with Gasteiger partial charge in [-0.05, 0) is 123 Å². The monoisotopic (exact) mass is 446 g/mol. The third-order valence-corrected chi connectivity index (χ3v) is 11.1. The highest BCUT2D eigenvalue weighted by Gasteiger charge is 2.59. The van der Waals surface area contributed by atoms with Crippen molar-refractivity contribution in [3.63, 3.8) is 0 Å². The topological polar surface area (TPSA) is 20.2 Å². The van der Waals surface area contributed by atoms with Gasteiger partial charge in [-0.25, -0.2) is 0 Å². The molecule has 0 spiro atoms. The average molecular weight is 447 g/mol. The van der Waals surface area contributed by atoms with Gasteiger partial charge in [-0.3, -0.25) is 0 Å². The Labute approximate surface area is 202 Å². The molecule has 4 aliphatic rings. The lowest BCUT2D eigenvalue weighted by Gasteiger charge is -2.58. The highest BCUT2D eigenvalue weighted by Crippen LogP contribution is 2.67. The molecule has 4 aliphatic carbocycles. The molecule has 0 aliphatic heterocycles. The van der Waals surface area contributed by atoms with Gasteiger partial charge in [-0.2, -0.15) is 0 Å². The van der Waals surface area contributed by atoms with Crippen LogP contribution < -0.4 is 0 Å². The van der Waals surface area contributed by atoms with Crippen LogP contribution in [0.3, 0.4) is 0 Å². The smallest absolute Gasteiger partial charge is 0.0577 e. The predicted octanol–water partition coefficient (Wildman–Crippen LogP) is 8.45. The van der Waals surface area contributed by atoms with E-state index >= 15 is 0 Å². The van der Waals surface area contributed by atoms with Gasteiger partial charge in [0.15, 0.2) is 0 Å². The van der Waals surface area contributed by atoms with E-state index in [0.717, 1.165) is 42.4 Å². The molecule has 33 heavy (non-hydrogen) atoms. The molecule has 0 radical (unpaired) electrons. The molecule has 3 saturated carbocycles. The first-order valence-corrected chi connectivity index (χ1v) is 13.9. The fourth-order valence-electron chi connectivity index (χ4n) is 9.20. The summed E-state index contributed by atoms with van der Waals surface area (Å²) in [5.41, 5.74) is 5.30. The minimum Gasteiger partial charge on any atom is -0.393 e. The number of hydrogen-bond donors (Lipinski definition) is 1. The maximum atomic E-state index is 10.3. The Balaban J connectivity index is 1.26. The number of benzene rings is 1. The van der Waals surface area contributed by atoms with Crippen LogP contribution in [0.15, 0.2) is 48.1 Å². The zero-order chi connectivity index (χ0) is 23.2. The van der Waals surface area contributed by atoms with Crippen LogP contribution in [0.5, 0.6) is 0 Å². The van der Waals surface area contributed by atoms with Crippen molar-refractivity contribution >= 4 is 5.57 Å². The van der Waals surface area contributed by atoms with E-state index in [4.69, 9.17) is 0 Å². The van der Waals surface area contributed by atoms with Gasteiger partial charge in [0.2, 0.25) is 0 Å². The largest absolute Gasteiger partial charge is 0.393 e. The highest BCUT2D eigenvalue weighted by atomic mass is 16.3. The summed E-state index contributed by atoms with van der Waals surface area (Å²) < 4.78 is 0. The van der Waals surface area contributed by atoms with E-state index < -0.39 is 0 Å². The molecule has 0 saturated heterocycles. The van der Waals surface area contributed by atoms with Crippen LogP contribution in [0.4, 0.5) is 0 Å². The van der Waals surface area contributed by atoms with Crippen LogP contribution in [-0.4, -0.2) is 11.2 Å². The lowest BCUT2D eigenvalue weighted by Crippen LogP contribution is -2.50. The van der Waals surface area contributed by atoms with E-state index in [0.29, 0.717) is 10.8 Å². The summed E-state index contributed by atoms with van der Waals surface area (Å²) in [5.74, 6) is 4.34. The molecule has 0 bridgehead atoms. The average Bonchev–Trinajstić information content (AvgIpc) is 3.17. The van der Waals surface area contributed by atoms with Gasteiger partial charge < -0.3 is 5.11 Å². The van der Waals surface area contributed by atoms with Gasteiger partial charge in [-0.1, -0.05) is 68.8 Å². The van der Waals surface area contributed by atoms with Crippen molar-refractivity contribution in [3.05, 3.63) is 53.6 Å². The van der Waals surface area contributed by atoms with E-state index in [9.17, 15) is 5.11 Å². The van der Waals surface area contributed by atoms with Crippen molar-refractivity contribution in [2.75, 3.05) is 0 Å². The number of aliphatic hydroxyl groups excluding tert-OH is 1. The molecule has 5 rings (SSSR count). The Hall–Kier alpha value is -1.34. The zero-order valence-corrected chi connectivity index (χ0v) is 21.5. The molecule has 1 aromatic rings. The molecule has 0 heterocycles. The Morgan fingerprint density at radius 3 is 2.64 bits per heavy atom. The molecule has 0 unspecified atom stereocenters. The van der Waals surface area contributed by atoms with Crippen molar-refractivity contribution < 1.29 is 5.11 Å². The van der Waals surface area contributed by atoms with E-state index in [1.807, 2.05) is 0 Å². The predicted molar refractivity (Wildman–Crippen MR) is 140 cm³/mol. The van der Waals surface area contributed by atoms with Crippen LogP contribution in [-0.2, 0) is 0 Å². The van der Waals surface area contributed by atoms with Gasteiger partial charge in [0.05, 0.1) is 6.10 Å². The van der Waals surface area contributed by atoms with Crippen molar-refractivity contribution in [1.29, 1.82) is 0 Å². The summed E-state index contributed by atoms with van der Waals surface area (Å²) in [5, 5.41) is 10.3. The quantitative estimate of drug-likeness (QED) is 0.450. The number of allylic oxidation sites excluding steroid dienone is 3. The Morgan fingerprint density at radius 1 is 1.06 bits per heavy atom. The Morgan fingerprint density at radius 2 is 1.85 bits per heavy atom. The summed E-state index contributed by atoms with van der Waals surface area (Å²) in [7, 11) is 0. The maximum absolute atomic E-state index is 10.3. The summed E-state index contributed by atoms with van der Waals surface area (Å²) >= 11 is 0. The second-order valence-corrected chi connectivity index (χ2v) is 12.7. The molecule has 8 atom stereocenters. The van der Waals surface area contributed by atoms with Crippen LogP contribution in [0.2, 0.25) is 0 Å². The number of fused-ring (bicyclic) bond motifs is 5. The molecule has 180 valence electrons. The van der Waals surface area contributed by atoms with Gasteiger partial charge in [0, 0.05) is 0 Å². The van der Waals surface area contributed by atoms with Crippen molar-refractivity contribution in [1.82, 2.24) is 0 Å². The Bertz CT molecular complexity index is 896. The van der Waals surface area contributed by atoms with Crippen molar-refractivity contribution in [3.8, 4) is 0 Å². The van der Waals surface area contributed by atoms with Crippen LogP contribution in [0.25, 0.3) is 5.57 Å². The summed E-state index contributed by atoms with van der Waals surface area (Å²) in [6.07, 6.45) is 17.7. The van der Waals surface area contributed by atoms with Crippen LogP contribution in [0.1, 0.15) is 97.5 Å². The third kappa shape index (κ3) is 4.07. The van der Waals surface area contributed by atoms with Gasteiger partial charge in [-0.15, -0.1) is 0 Å².